The molecule has 2 N–H and O–H groups in total. The SMILES string of the molecule is COC(=O)c1nc(C)cc(NCC(O)c2ccccc2)n1. The fourth-order valence-electron chi connectivity index (χ4n) is 1.84. The molecule has 6 heteroatoms. The average molecular weight is 287 g/mol. The first-order valence-corrected chi connectivity index (χ1v) is 6.51. The highest BCUT2D eigenvalue weighted by molar-refractivity contribution is 5.85. The van der Waals surface area contributed by atoms with Crippen molar-refractivity contribution in [2.75, 3.05) is 19.0 Å². The van der Waals surface area contributed by atoms with Crippen LogP contribution in [0.2, 0.25) is 0 Å². The molecule has 0 aliphatic rings. The molecule has 0 radical (unpaired) electrons. The number of carbonyl (C=O) groups excluding carboxylic acids is 1. The van der Waals surface area contributed by atoms with E-state index in [0.717, 1.165) is 5.56 Å². The lowest BCUT2D eigenvalue weighted by molar-refractivity contribution is 0.0586. The molecule has 0 spiro atoms. The van der Waals surface area contributed by atoms with E-state index in [-0.39, 0.29) is 12.4 Å². The van der Waals surface area contributed by atoms with Crippen LogP contribution in [0.4, 0.5) is 5.82 Å². The van der Waals surface area contributed by atoms with Crippen molar-refractivity contribution in [3.8, 4) is 0 Å². The number of methoxy groups -OCH3 is 1. The molecule has 0 saturated carbocycles. The van der Waals surface area contributed by atoms with Gasteiger partial charge in [-0.25, -0.2) is 14.8 Å². The van der Waals surface area contributed by atoms with Gasteiger partial charge in [0.2, 0.25) is 5.82 Å². The second kappa shape index (κ2) is 6.81. The third-order valence-corrected chi connectivity index (χ3v) is 2.88. The number of nitrogens with zero attached hydrogens (tertiary/aromatic N) is 2. The maximum absolute atomic E-state index is 11.5. The van der Waals surface area contributed by atoms with Gasteiger partial charge in [0, 0.05) is 18.3 Å². The first-order valence-electron chi connectivity index (χ1n) is 6.51. The minimum absolute atomic E-state index is 0.00537. The van der Waals surface area contributed by atoms with Gasteiger partial charge >= 0.3 is 5.97 Å². The Labute approximate surface area is 122 Å². The predicted octanol–water partition coefficient (Wildman–Crippen LogP) is 1.72. The van der Waals surface area contributed by atoms with E-state index >= 15 is 0 Å². The molecule has 0 aliphatic heterocycles. The lowest BCUT2D eigenvalue weighted by Gasteiger charge is -2.13. The zero-order chi connectivity index (χ0) is 15.2. The van der Waals surface area contributed by atoms with E-state index in [1.807, 2.05) is 30.3 Å². The number of esters is 1. The Kier molecular flexibility index (Phi) is 4.84. The van der Waals surface area contributed by atoms with Crippen molar-refractivity contribution in [2.24, 2.45) is 0 Å². The van der Waals surface area contributed by atoms with Crippen LogP contribution in [0.1, 0.15) is 28.0 Å². The Morgan fingerprint density at radius 1 is 1.33 bits per heavy atom. The van der Waals surface area contributed by atoms with E-state index < -0.39 is 12.1 Å². The molecule has 110 valence electrons. The quantitative estimate of drug-likeness (QED) is 0.815. The Morgan fingerprint density at radius 3 is 2.71 bits per heavy atom. The number of hydrogen-bond donors (Lipinski definition) is 2. The van der Waals surface area contributed by atoms with Gasteiger partial charge < -0.3 is 15.2 Å². The topological polar surface area (TPSA) is 84.3 Å². The molecule has 1 unspecified atom stereocenters. The normalized spacial score (nSPS) is 11.8. The van der Waals surface area contributed by atoms with E-state index in [1.165, 1.54) is 7.11 Å². The van der Waals surface area contributed by atoms with Gasteiger partial charge in [0.1, 0.15) is 5.82 Å². The molecule has 0 bridgehead atoms. The Morgan fingerprint density at radius 2 is 2.05 bits per heavy atom. The monoisotopic (exact) mass is 287 g/mol. The number of anilines is 1. The smallest absolute Gasteiger partial charge is 0.376 e. The van der Waals surface area contributed by atoms with Crippen LogP contribution in [-0.2, 0) is 4.74 Å². The first-order chi connectivity index (χ1) is 10.1. The summed E-state index contributed by atoms with van der Waals surface area (Å²) in [6.07, 6.45) is -0.664. The highest BCUT2D eigenvalue weighted by Gasteiger charge is 2.12. The molecule has 0 amide bonds. The van der Waals surface area contributed by atoms with Crippen molar-refractivity contribution in [2.45, 2.75) is 13.0 Å². The lowest BCUT2D eigenvalue weighted by atomic mass is 10.1. The molecular formula is C15H17N3O3. The van der Waals surface area contributed by atoms with Gasteiger partial charge in [0.25, 0.3) is 0 Å². The summed E-state index contributed by atoms with van der Waals surface area (Å²) in [7, 11) is 1.28. The standard InChI is InChI=1S/C15H17N3O3/c1-10-8-13(18-14(17-10)15(20)21-2)16-9-12(19)11-6-4-3-5-7-11/h3-8,12,19H,9H2,1-2H3,(H,16,17,18). The Balaban J connectivity index is 2.06. The number of aliphatic hydroxyl groups is 1. The van der Waals surface area contributed by atoms with Crippen LogP contribution < -0.4 is 5.32 Å². The molecule has 1 atom stereocenters. The highest BCUT2D eigenvalue weighted by Crippen LogP contribution is 2.14. The number of aliphatic hydroxyl groups excluding tert-OH is 1. The average Bonchev–Trinajstić information content (AvgIpc) is 2.52. The summed E-state index contributed by atoms with van der Waals surface area (Å²) in [6, 6.07) is 11.0. The van der Waals surface area contributed by atoms with Gasteiger partial charge in [0.15, 0.2) is 0 Å². The van der Waals surface area contributed by atoms with Crippen molar-refractivity contribution in [3.63, 3.8) is 0 Å². The maximum Gasteiger partial charge on any atom is 0.376 e. The third-order valence-electron chi connectivity index (χ3n) is 2.88. The summed E-state index contributed by atoms with van der Waals surface area (Å²) in [5.74, 6) is -0.127. The molecule has 6 nitrogen and oxygen atoms in total. The molecule has 2 aromatic rings. The molecule has 0 fully saturated rings. The number of aromatic nitrogens is 2. The first kappa shape index (κ1) is 14.9. The van der Waals surface area contributed by atoms with Gasteiger partial charge in [-0.2, -0.15) is 0 Å². The zero-order valence-electron chi connectivity index (χ0n) is 11.9. The second-order valence-corrected chi connectivity index (χ2v) is 4.52. The molecule has 1 aromatic heterocycles. The van der Waals surface area contributed by atoms with E-state index in [4.69, 9.17) is 0 Å². The fraction of sp³-hybridized carbons (Fsp3) is 0.267. The minimum atomic E-state index is -0.664. The predicted molar refractivity (Wildman–Crippen MR) is 78.0 cm³/mol. The van der Waals surface area contributed by atoms with Crippen LogP contribution >= 0.6 is 0 Å². The number of carbonyl (C=O) groups is 1. The summed E-state index contributed by atoms with van der Waals surface area (Å²) in [5.41, 5.74) is 1.45. The highest BCUT2D eigenvalue weighted by atomic mass is 16.5. The molecule has 1 heterocycles. The number of aryl methyl sites for hydroxylation is 1. The van der Waals surface area contributed by atoms with E-state index in [9.17, 15) is 9.90 Å². The van der Waals surface area contributed by atoms with Crippen molar-refractivity contribution in [1.29, 1.82) is 0 Å². The van der Waals surface area contributed by atoms with Gasteiger partial charge in [-0.1, -0.05) is 30.3 Å². The largest absolute Gasteiger partial charge is 0.463 e. The Bertz CT molecular complexity index is 617. The zero-order valence-corrected chi connectivity index (χ0v) is 11.9. The van der Waals surface area contributed by atoms with Gasteiger partial charge in [-0.05, 0) is 12.5 Å². The lowest BCUT2D eigenvalue weighted by Crippen LogP contribution is -2.15. The van der Waals surface area contributed by atoms with Crippen LogP contribution in [0, 0.1) is 6.92 Å². The summed E-state index contributed by atoms with van der Waals surface area (Å²) in [4.78, 5) is 19.5. The molecular weight excluding hydrogens is 270 g/mol. The summed E-state index contributed by atoms with van der Waals surface area (Å²) in [5, 5.41) is 13.1. The van der Waals surface area contributed by atoms with E-state index in [1.54, 1.807) is 13.0 Å². The summed E-state index contributed by atoms with van der Waals surface area (Å²) < 4.78 is 4.60. The number of nitrogens with one attached hydrogen (secondary N) is 1. The Hall–Kier alpha value is -2.47. The minimum Gasteiger partial charge on any atom is -0.463 e. The summed E-state index contributed by atoms with van der Waals surface area (Å²) in [6.45, 7) is 2.04. The third kappa shape index (κ3) is 4.00. The number of benzene rings is 1. The van der Waals surface area contributed by atoms with Crippen LogP contribution in [0.3, 0.4) is 0 Å². The van der Waals surface area contributed by atoms with Crippen molar-refractivity contribution < 1.29 is 14.6 Å². The number of hydrogen-bond acceptors (Lipinski definition) is 6. The van der Waals surface area contributed by atoms with Gasteiger partial charge in [0.05, 0.1) is 13.2 Å². The van der Waals surface area contributed by atoms with Gasteiger partial charge in [-0.15, -0.1) is 0 Å². The number of ether oxygens (including phenoxy) is 1. The molecule has 1 aromatic carbocycles. The molecule has 0 saturated heterocycles. The van der Waals surface area contributed by atoms with Crippen molar-refractivity contribution >= 4 is 11.8 Å². The van der Waals surface area contributed by atoms with Crippen LogP contribution in [0.25, 0.3) is 0 Å². The number of rotatable bonds is 5. The maximum atomic E-state index is 11.5. The van der Waals surface area contributed by atoms with Crippen LogP contribution in [0.15, 0.2) is 36.4 Å². The van der Waals surface area contributed by atoms with Crippen molar-refractivity contribution in [1.82, 2.24) is 9.97 Å². The summed E-state index contributed by atoms with van der Waals surface area (Å²) >= 11 is 0. The van der Waals surface area contributed by atoms with E-state index in [2.05, 4.69) is 20.0 Å². The van der Waals surface area contributed by atoms with E-state index in [0.29, 0.717) is 11.5 Å². The molecule has 0 aliphatic carbocycles. The van der Waals surface area contributed by atoms with Crippen LogP contribution in [0.5, 0.6) is 0 Å². The second-order valence-electron chi connectivity index (χ2n) is 4.52. The molecule has 2 rings (SSSR count). The van der Waals surface area contributed by atoms with Gasteiger partial charge in [-0.3, -0.25) is 0 Å². The van der Waals surface area contributed by atoms with Crippen LogP contribution in [-0.4, -0.2) is 34.7 Å². The molecule has 21 heavy (non-hydrogen) atoms. The van der Waals surface area contributed by atoms with Crippen molar-refractivity contribution in [3.05, 3.63) is 53.5 Å². The fourth-order valence-corrected chi connectivity index (χ4v) is 1.84.